The fourth-order valence-electron chi connectivity index (χ4n) is 12.2. The number of nitrogens with zero attached hydrogens (tertiary/aromatic N) is 1. The second-order valence-corrected chi connectivity index (χ2v) is 23.8. The van der Waals surface area contributed by atoms with Gasteiger partial charge >= 0.3 is 0 Å². The number of hydrogen-bond donors (Lipinski definition) is 1. The lowest BCUT2D eigenvalue weighted by atomic mass is 9.58. The number of benzene rings is 8. The first-order valence-corrected chi connectivity index (χ1v) is 24.7. The lowest BCUT2D eigenvalue weighted by molar-refractivity contribution is 0.584. The van der Waals surface area contributed by atoms with E-state index >= 15 is 0 Å². The van der Waals surface area contributed by atoms with Crippen LogP contribution in [0.2, 0.25) is 0 Å². The minimum atomic E-state index is -0.175. The maximum atomic E-state index is 4.04. The van der Waals surface area contributed by atoms with Gasteiger partial charge in [0.25, 0.3) is 0 Å². The first kappa shape index (κ1) is 40.0. The Morgan fingerprint density at radius 3 is 1.92 bits per heavy atom. The molecule has 1 N–H and O–H groups in total. The molecule has 0 fully saturated rings. The van der Waals surface area contributed by atoms with Crippen molar-refractivity contribution < 1.29 is 0 Å². The molecule has 1 aliphatic heterocycles. The molecule has 0 radical (unpaired) electrons. The van der Waals surface area contributed by atoms with E-state index in [2.05, 4.69) is 219 Å². The van der Waals surface area contributed by atoms with Gasteiger partial charge < -0.3 is 9.88 Å². The van der Waals surface area contributed by atoms with Gasteiger partial charge in [-0.05, 0) is 126 Å². The Morgan fingerprint density at radius 2 is 1.14 bits per heavy atom. The minimum Gasteiger partial charge on any atom is -0.355 e. The molecule has 0 unspecified atom stereocenters. The summed E-state index contributed by atoms with van der Waals surface area (Å²) in [6, 6.07) is 54.4. The smallest absolute Gasteiger partial charge is 0.198 e. The molecule has 3 aliphatic rings. The highest BCUT2D eigenvalue weighted by atomic mass is 32.1. The van der Waals surface area contributed by atoms with E-state index in [-0.39, 0.29) is 21.7 Å². The molecule has 0 atom stereocenters. The van der Waals surface area contributed by atoms with Crippen molar-refractivity contribution in [2.24, 2.45) is 0 Å². The molecule has 0 bridgehead atoms. The van der Waals surface area contributed by atoms with Crippen LogP contribution in [0.5, 0.6) is 0 Å². The Kier molecular flexibility index (Phi) is 7.97. The van der Waals surface area contributed by atoms with Gasteiger partial charge in [0.1, 0.15) is 0 Å². The number of hydrogen-bond acceptors (Lipinski definition) is 2. The summed E-state index contributed by atoms with van der Waals surface area (Å²) in [5.74, 6) is 0. The third-order valence-electron chi connectivity index (χ3n) is 15.9. The monoisotopic (exact) mass is 870 g/mol. The molecule has 0 saturated carbocycles. The third-order valence-corrected chi connectivity index (χ3v) is 17.1. The van der Waals surface area contributed by atoms with Gasteiger partial charge in [-0.15, -0.1) is 11.3 Å². The van der Waals surface area contributed by atoms with Gasteiger partial charge in [0.05, 0.1) is 5.52 Å². The summed E-state index contributed by atoms with van der Waals surface area (Å²) in [6.07, 6.45) is 0. The standard InChI is InChI=1S/C62H55BN2S/c1-59(2,3)34-19-22-36(23-20-34)64-52-30-42-38-24-21-35(60(4,5)6)27-48(38)62(9,10)49(42)29-44(52)40-25-26-41-45-28-46-39-16-12-14-18-55(39)66-56(46)33-53(45)65-54-31-43-37-15-11-13-17-47(37)61(7,8)50(43)32-51(54)63-57(40)58(41)65/h11-33,63-64H,1-10H3. The minimum absolute atomic E-state index is 0.0597. The topological polar surface area (TPSA) is 17.0 Å². The Balaban J connectivity index is 1.09. The summed E-state index contributed by atoms with van der Waals surface area (Å²) in [5, 5.41) is 9.36. The number of rotatable bonds is 3. The maximum absolute atomic E-state index is 4.04. The molecule has 2 nitrogen and oxygen atoms in total. The number of aromatic nitrogens is 1. The summed E-state index contributed by atoms with van der Waals surface area (Å²) < 4.78 is 5.33. The van der Waals surface area contributed by atoms with E-state index in [1.165, 1.54) is 125 Å². The Labute approximate surface area is 393 Å². The molecule has 0 saturated heterocycles. The fourth-order valence-corrected chi connectivity index (χ4v) is 13.3. The Bertz CT molecular complexity index is 3770. The maximum Gasteiger partial charge on any atom is 0.198 e. The van der Waals surface area contributed by atoms with Gasteiger partial charge in [0.15, 0.2) is 7.28 Å². The second-order valence-electron chi connectivity index (χ2n) is 22.7. The average molecular weight is 871 g/mol. The van der Waals surface area contributed by atoms with Crippen LogP contribution in [-0.4, -0.2) is 11.8 Å². The van der Waals surface area contributed by atoms with Crippen molar-refractivity contribution in [3.05, 3.63) is 173 Å². The van der Waals surface area contributed by atoms with Crippen molar-refractivity contribution in [3.8, 4) is 39.1 Å². The van der Waals surface area contributed by atoms with Crippen LogP contribution in [0, 0.1) is 0 Å². The lowest BCUT2D eigenvalue weighted by Crippen LogP contribution is -2.38. The van der Waals surface area contributed by atoms with Crippen LogP contribution in [-0.2, 0) is 21.7 Å². The number of nitrogens with one attached hydrogen (secondary N) is 1. The van der Waals surface area contributed by atoms with E-state index in [0.29, 0.717) is 0 Å². The molecule has 2 aliphatic carbocycles. The highest BCUT2D eigenvalue weighted by molar-refractivity contribution is 7.25. The molecular formula is C62H55BN2S. The summed E-state index contributed by atoms with van der Waals surface area (Å²) in [7, 11) is 0.852. The van der Waals surface area contributed by atoms with Crippen LogP contribution in [0.3, 0.4) is 0 Å². The molecule has 66 heavy (non-hydrogen) atoms. The molecule has 10 aromatic rings. The van der Waals surface area contributed by atoms with E-state index < -0.39 is 0 Å². The molecule has 3 heterocycles. The van der Waals surface area contributed by atoms with Crippen molar-refractivity contribution in [1.82, 2.24) is 4.57 Å². The summed E-state index contributed by atoms with van der Waals surface area (Å²) >= 11 is 1.91. The second kappa shape index (κ2) is 13.2. The first-order valence-electron chi connectivity index (χ1n) is 23.9. The number of fused-ring (bicyclic) bond motifs is 14. The van der Waals surface area contributed by atoms with Crippen molar-refractivity contribution in [3.63, 3.8) is 0 Å². The lowest BCUT2D eigenvalue weighted by Gasteiger charge is -2.28. The van der Waals surface area contributed by atoms with Crippen LogP contribution < -0.4 is 16.2 Å². The first-order chi connectivity index (χ1) is 31.5. The molecule has 8 aromatic carbocycles. The van der Waals surface area contributed by atoms with Gasteiger partial charge in [-0.25, -0.2) is 0 Å². The summed E-state index contributed by atoms with van der Waals surface area (Å²) in [5.41, 5.74) is 25.1. The van der Waals surface area contributed by atoms with Crippen molar-refractivity contribution >= 4 is 82.9 Å². The Hall–Kier alpha value is -6.36. The zero-order valence-corrected chi connectivity index (χ0v) is 40.7. The number of thiophene rings is 1. The van der Waals surface area contributed by atoms with E-state index in [1.54, 1.807) is 0 Å². The van der Waals surface area contributed by atoms with Crippen molar-refractivity contribution in [2.45, 2.75) is 90.9 Å². The van der Waals surface area contributed by atoms with Gasteiger partial charge in [-0.1, -0.05) is 166 Å². The molecular weight excluding hydrogens is 816 g/mol. The molecule has 0 spiro atoms. The van der Waals surface area contributed by atoms with Crippen molar-refractivity contribution in [1.29, 1.82) is 0 Å². The number of anilines is 2. The fraction of sp³-hybridized carbons (Fsp3) is 0.226. The molecule has 2 aromatic heterocycles. The average Bonchev–Trinajstić information content (AvgIpc) is 3.95. The predicted molar refractivity (Wildman–Crippen MR) is 288 cm³/mol. The van der Waals surface area contributed by atoms with Crippen LogP contribution in [0.1, 0.15) is 103 Å². The predicted octanol–water partition coefficient (Wildman–Crippen LogP) is 15.5. The van der Waals surface area contributed by atoms with Gasteiger partial charge in [-0.3, -0.25) is 0 Å². The zero-order valence-electron chi connectivity index (χ0n) is 39.8. The molecule has 322 valence electrons. The highest BCUT2D eigenvalue weighted by Gasteiger charge is 2.40. The van der Waals surface area contributed by atoms with E-state index in [1.807, 2.05) is 11.3 Å². The SMILES string of the molecule is CC(C)(C)c1ccc(Nc2cc3c(cc2-c2ccc4c5cc6c(cc5n5c4c2Bc2cc4c(cc2-5)-c2ccccc2C4(C)C)sc2ccccc26)C(C)(C)c2cc(C(C)(C)C)ccc2-3)cc1. The van der Waals surface area contributed by atoms with E-state index in [4.69, 9.17) is 0 Å². The largest absolute Gasteiger partial charge is 0.355 e. The Morgan fingerprint density at radius 1 is 0.485 bits per heavy atom. The molecule has 13 rings (SSSR count). The van der Waals surface area contributed by atoms with E-state index in [9.17, 15) is 0 Å². The zero-order chi connectivity index (χ0) is 45.4. The van der Waals surface area contributed by atoms with Gasteiger partial charge in [-0.2, -0.15) is 0 Å². The van der Waals surface area contributed by atoms with Gasteiger partial charge in [0.2, 0.25) is 0 Å². The van der Waals surface area contributed by atoms with Crippen LogP contribution in [0.25, 0.3) is 81.0 Å². The van der Waals surface area contributed by atoms with Crippen LogP contribution >= 0.6 is 11.3 Å². The van der Waals surface area contributed by atoms with Crippen LogP contribution in [0.15, 0.2) is 140 Å². The summed E-state index contributed by atoms with van der Waals surface area (Å²) in [6.45, 7) is 23.5. The van der Waals surface area contributed by atoms with Crippen LogP contribution in [0.4, 0.5) is 11.4 Å². The van der Waals surface area contributed by atoms with Gasteiger partial charge in [0, 0.05) is 69.9 Å². The normalized spacial score (nSPS) is 15.2. The highest BCUT2D eigenvalue weighted by Crippen LogP contribution is 2.54. The molecule has 0 amide bonds. The third kappa shape index (κ3) is 5.48. The molecule has 4 heteroatoms. The van der Waals surface area contributed by atoms with Crippen molar-refractivity contribution in [2.75, 3.05) is 5.32 Å². The summed E-state index contributed by atoms with van der Waals surface area (Å²) in [4.78, 5) is 0. The quantitative estimate of drug-likeness (QED) is 0.175. The van der Waals surface area contributed by atoms with E-state index in [0.717, 1.165) is 18.7 Å².